The summed E-state index contributed by atoms with van der Waals surface area (Å²) in [5, 5.41) is 0. The monoisotopic (exact) mass is 451 g/mol. The minimum Gasteiger partial charge on any atom is -0.445 e. The molecule has 4 rings (SSSR count). The van der Waals surface area contributed by atoms with Crippen LogP contribution in [0.15, 0.2) is 48.5 Å². The third kappa shape index (κ3) is 4.68. The molecule has 0 saturated carbocycles. The summed E-state index contributed by atoms with van der Waals surface area (Å²) in [5.74, 6) is 0.134. The normalized spacial score (nSPS) is 21.8. The van der Waals surface area contributed by atoms with Crippen LogP contribution in [-0.4, -0.2) is 49.9 Å². The fourth-order valence-corrected chi connectivity index (χ4v) is 5.35. The molecule has 2 atom stereocenters. The van der Waals surface area contributed by atoms with E-state index < -0.39 is 17.6 Å². The Hall–Kier alpha value is -2.70. The first kappa shape index (κ1) is 23.5. The zero-order valence-electron chi connectivity index (χ0n) is 19.7. The first-order valence-electron chi connectivity index (χ1n) is 11.7. The van der Waals surface area contributed by atoms with Gasteiger partial charge in [0.2, 0.25) is 0 Å². The van der Waals surface area contributed by atoms with E-state index in [1.807, 2.05) is 30.3 Å². The van der Waals surface area contributed by atoms with Crippen molar-refractivity contribution in [3.05, 3.63) is 70.8 Å². The molecule has 2 aliphatic rings. The van der Waals surface area contributed by atoms with Gasteiger partial charge in [-0.15, -0.1) is 0 Å². The lowest BCUT2D eigenvalue weighted by atomic mass is 9.60. The number of ether oxygens (including phenoxy) is 3. The van der Waals surface area contributed by atoms with Gasteiger partial charge in [0.1, 0.15) is 6.61 Å². The van der Waals surface area contributed by atoms with E-state index in [-0.39, 0.29) is 18.7 Å². The largest absolute Gasteiger partial charge is 0.445 e. The summed E-state index contributed by atoms with van der Waals surface area (Å²) in [7, 11) is 3.26. The molecule has 0 aromatic heterocycles. The Morgan fingerprint density at radius 1 is 1.15 bits per heavy atom. The molecule has 0 radical (unpaired) electrons. The lowest BCUT2D eigenvalue weighted by Crippen LogP contribution is -2.62. The highest BCUT2D eigenvalue weighted by molar-refractivity contribution is 5.99. The summed E-state index contributed by atoms with van der Waals surface area (Å²) in [4.78, 5) is 28.5. The van der Waals surface area contributed by atoms with Crippen LogP contribution in [-0.2, 0) is 37.4 Å². The van der Waals surface area contributed by atoms with Crippen LogP contribution in [0.1, 0.15) is 47.9 Å². The Morgan fingerprint density at radius 3 is 2.64 bits per heavy atom. The average Bonchev–Trinajstić information content (AvgIpc) is 2.83. The van der Waals surface area contributed by atoms with E-state index in [0.29, 0.717) is 19.4 Å². The Balaban J connectivity index is 1.55. The van der Waals surface area contributed by atoms with E-state index >= 15 is 0 Å². The number of ketones is 1. The first-order chi connectivity index (χ1) is 16.0. The molecule has 1 fully saturated rings. The van der Waals surface area contributed by atoms with Crippen LogP contribution in [0.3, 0.4) is 0 Å². The standard InChI is InChI=1S/C27H33NO5/c1-19-11-12-21-17-23-25(29)27(22(21)16-19,13-7-10-24(31-2)32-3)14-15-28(23)26(30)33-18-20-8-5-4-6-9-20/h4-6,8-9,11-12,16,23-24H,7,10,13-15,17-18H2,1-3H3/t23-,27+/m1/s1. The number of carbonyl (C=O) groups is 2. The SMILES string of the molecule is COC(CCC[C@]12CCN(C(=O)OCc3ccccc3)[C@H](Cc3ccc(C)cc31)C2=O)OC. The van der Waals surface area contributed by atoms with Gasteiger partial charge in [0.15, 0.2) is 12.1 Å². The number of rotatable bonds is 8. The van der Waals surface area contributed by atoms with E-state index in [9.17, 15) is 9.59 Å². The van der Waals surface area contributed by atoms with Crippen molar-refractivity contribution in [1.82, 2.24) is 4.90 Å². The lowest BCUT2D eigenvalue weighted by Gasteiger charge is -2.49. The molecule has 1 aliphatic heterocycles. The van der Waals surface area contributed by atoms with Crippen LogP contribution < -0.4 is 0 Å². The van der Waals surface area contributed by atoms with Crippen LogP contribution in [0.4, 0.5) is 4.79 Å². The maximum Gasteiger partial charge on any atom is 0.410 e. The molecule has 1 aliphatic carbocycles. The number of hydrogen-bond acceptors (Lipinski definition) is 5. The highest BCUT2D eigenvalue weighted by atomic mass is 16.7. The number of nitrogens with zero attached hydrogens (tertiary/aromatic N) is 1. The second-order valence-electron chi connectivity index (χ2n) is 9.10. The molecule has 0 N–H and O–H groups in total. The van der Waals surface area contributed by atoms with Gasteiger partial charge in [-0.1, -0.05) is 54.1 Å². The number of methoxy groups -OCH3 is 2. The average molecular weight is 452 g/mol. The number of aryl methyl sites for hydroxylation is 1. The van der Waals surface area contributed by atoms with Gasteiger partial charge in [0, 0.05) is 27.2 Å². The number of carbonyl (C=O) groups excluding carboxylic acids is 2. The number of likely N-dealkylation sites (tertiary alicyclic amines) is 1. The molecule has 176 valence electrons. The predicted molar refractivity (Wildman–Crippen MR) is 125 cm³/mol. The zero-order valence-corrected chi connectivity index (χ0v) is 19.7. The molecule has 0 spiro atoms. The smallest absolute Gasteiger partial charge is 0.410 e. The van der Waals surface area contributed by atoms with Crippen molar-refractivity contribution >= 4 is 11.9 Å². The highest BCUT2D eigenvalue weighted by Crippen LogP contribution is 2.46. The third-order valence-electron chi connectivity index (χ3n) is 7.13. The van der Waals surface area contributed by atoms with Crippen LogP contribution in [0.25, 0.3) is 0 Å². The lowest BCUT2D eigenvalue weighted by molar-refractivity contribution is -0.136. The van der Waals surface area contributed by atoms with Crippen LogP contribution in [0, 0.1) is 6.92 Å². The van der Waals surface area contributed by atoms with Crippen molar-refractivity contribution < 1.29 is 23.8 Å². The second kappa shape index (κ2) is 10.1. The molecule has 2 bridgehead atoms. The molecule has 1 heterocycles. The molecule has 33 heavy (non-hydrogen) atoms. The number of piperidine rings is 1. The van der Waals surface area contributed by atoms with Crippen molar-refractivity contribution in [1.29, 1.82) is 0 Å². The summed E-state index contributed by atoms with van der Waals surface area (Å²) >= 11 is 0. The topological polar surface area (TPSA) is 65.1 Å². The van der Waals surface area contributed by atoms with Crippen LogP contribution in [0.2, 0.25) is 0 Å². The molecule has 1 amide bonds. The number of amides is 1. The van der Waals surface area contributed by atoms with Gasteiger partial charge in [0.05, 0.1) is 11.5 Å². The van der Waals surface area contributed by atoms with Gasteiger partial charge in [0.25, 0.3) is 0 Å². The van der Waals surface area contributed by atoms with Crippen molar-refractivity contribution in [2.45, 2.75) is 63.4 Å². The predicted octanol–water partition coefficient (Wildman–Crippen LogP) is 4.56. The van der Waals surface area contributed by atoms with E-state index in [4.69, 9.17) is 14.2 Å². The molecule has 0 unspecified atom stereocenters. The van der Waals surface area contributed by atoms with Crippen molar-refractivity contribution in [2.75, 3.05) is 20.8 Å². The molecule has 1 saturated heterocycles. The van der Waals surface area contributed by atoms with Crippen molar-refractivity contribution in [2.24, 2.45) is 0 Å². The van der Waals surface area contributed by atoms with Crippen molar-refractivity contribution in [3.8, 4) is 0 Å². The highest BCUT2D eigenvalue weighted by Gasteiger charge is 2.53. The number of hydrogen-bond donors (Lipinski definition) is 0. The fourth-order valence-electron chi connectivity index (χ4n) is 5.35. The minimum atomic E-state index is -0.577. The van der Waals surface area contributed by atoms with Gasteiger partial charge in [-0.3, -0.25) is 9.69 Å². The molecule has 6 nitrogen and oxygen atoms in total. The Kier molecular flexibility index (Phi) is 7.15. The van der Waals surface area contributed by atoms with Crippen LogP contribution >= 0.6 is 0 Å². The summed E-state index contributed by atoms with van der Waals surface area (Å²) in [5.41, 5.74) is 3.79. The van der Waals surface area contributed by atoms with Gasteiger partial charge in [-0.05, 0) is 49.3 Å². The second-order valence-corrected chi connectivity index (χ2v) is 9.10. The maximum atomic E-state index is 13.9. The van der Waals surface area contributed by atoms with E-state index in [2.05, 4.69) is 25.1 Å². The Morgan fingerprint density at radius 2 is 1.91 bits per heavy atom. The summed E-state index contributed by atoms with van der Waals surface area (Å²) in [6, 6.07) is 15.5. The zero-order chi connectivity index (χ0) is 23.4. The molecule has 2 aromatic rings. The van der Waals surface area contributed by atoms with Gasteiger partial charge < -0.3 is 14.2 Å². The molecular weight excluding hydrogens is 418 g/mol. The quantitative estimate of drug-likeness (QED) is 0.551. The minimum absolute atomic E-state index is 0.134. The van der Waals surface area contributed by atoms with Gasteiger partial charge in [-0.25, -0.2) is 4.79 Å². The number of fused-ring (bicyclic) bond motifs is 4. The molecule has 6 heteroatoms. The fraction of sp³-hybridized carbons (Fsp3) is 0.481. The number of benzene rings is 2. The summed E-state index contributed by atoms with van der Waals surface area (Å²) < 4.78 is 16.3. The molecule has 2 aromatic carbocycles. The third-order valence-corrected chi connectivity index (χ3v) is 7.13. The van der Waals surface area contributed by atoms with Crippen molar-refractivity contribution in [3.63, 3.8) is 0 Å². The molecular formula is C27H33NO5. The van der Waals surface area contributed by atoms with E-state index in [0.717, 1.165) is 41.5 Å². The van der Waals surface area contributed by atoms with Gasteiger partial charge in [-0.2, -0.15) is 0 Å². The first-order valence-corrected chi connectivity index (χ1v) is 11.7. The van der Waals surface area contributed by atoms with E-state index in [1.54, 1.807) is 19.1 Å². The van der Waals surface area contributed by atoms with E-state index in [1.165, 1.54) is 0 Å². The van der Waals surface area contributed by atoms with Crippen LogP contribution in [0.5, 0.6) is 0 Å². The summed E-state index contributed by atoms with van der Waals surface area (Å²) in [6.45, 7) is 2.77. The van der Waals surface area contributed by atoms with Gasteiger partial charge >= 0.3 is 6.09 Å². The number of Topliss-reactive ketones (excluding diaryl/α,β-unsaturated/α-hetero) is 1. The Bertz CT molecular complexity index is 987. The Labute approximate surface area is 195 Å². The summed E-state index contributed by atoms with van der Waals surface area (Å²) in [6.07, 6.45) is 2.68. The maximum absolute atomic E-state index is 13.9.